The van der Waals surface area contributed by atoms with Crippen LogP contribution in [0.5, 0.6) is 28.7 Å². The molecule has 0 aromatic carbocycles. The zero-order valence-corrected chi connectivity index (χ0v) is 25.3. The van der Waals surface area contributed by atoms with Gasteiger partial charge in [0.1, 0.15) is 19.0 Å². The van der Waals surface area contributed by atoms with Crippen molar-refractivity contribution < 1.29 is 23.7 Å². The Morgan fingerprint density at radius 1 is 0.765 bits per heavy atom. The van der Waals surface area contributed by atoms with Gasteiger partial charge in [0.2, 0.25) is 0 Å². The van der Waals surface area contributed by atoms with E-state index >= 15 is 0 Å². The second-order valence-electron chi connectivity index (χ2n) is 9.80. The molecule has 34 heavy (non-hydrogen) atoms. The van der Waals surface area contributed by atoms with E-state index in [2.05, 4.69) is 54.7 Å². The monoisotopic (exact) mass is 765 g/mol. The maximum atomic E-state index is 6.12. The summed E-state index contributed by atoms with van der Waals surface area (Å²) >= 11 is 4.94. The first-order valence-corrected chi connectivity index (χ1v) is 13.1. The molecule has 0 radical (unpaired) electrons. The first-order chi connectivity index (χ1) is 15.5. The first-order valence-electron chi connectivity index (χ1n) is 10.7. The third kappa shape index (κ3) is 4.18. The van der Waals surface area contributed by atoms with Crippen LogP contribution in [0.1, 0.15) is 51.3 Å². The van der Waals surface area contributed by atoms with Crippen molar-refractivity contribution in [3.63, 3.8) is 0 Å². The molecule has 3 aromatic rings. The van der Waals surface area contributed by atoms with Gasteiger partial charge in [-0.15, -0.1) is 17.4 Å². The molecule has 5 nitrogen and oxygen atoms in total. The molecule has 1 aliphatic heterocycles. The van der Waals surface area contributed by atoms with Gasteiger partial charge in [-0.3, -0.25) is 0 Å². The number of methoxy groups -OCH3 is 2. The average molecular weight is 766 g/mol. The fourth-order valence-corrected chi connectivity index (χ4v) is 7.49. The summed E-state index contributed by atoms with van der Waals surface area (Å²) in [6, 6.07) is 3.39. The van der Waals surface area contributed by atoms with E-state index in [0.29, 0.717) is 30.5 Å². The van der Waals surface area contributed by atoms with Crippen LogP contribution in [0.4, 0.5) is 0 Å². The third-order valence-corrected chi connectivity index (χ3v) is 9.74. The predicted molar refractivity (Wildman–Crippen MR) is 137 cm³/mol. The van der Waals surface area contributed by atoms with Gasteiger partial charge < -0.3 is 23.7 Å². The van der Waals surface area contributed by atoms with Gasteiger partial charge in [0.15, 0.2) is 17.2 Å². The number of fused-ring (bicyclic) bond motifs is 1. The van der Waals surface area contributed by atoms with Crippen molar-refractivity contribution in [3.8, 4) is 48.3 Å². The molecule has 0 amide bonds. The van der Waals surface area contributed by atoms with E-state index in [1.165, 1.54) is 0 Å². The van der Waals surface area contributed by atoms with Crippen LogP contribution >= 0.6 is 34.0 Å². The van der Waals surface area contributed by atoms with Gasteiger partial charge in [-0.2, -0.15) is 18.4 Å². The quantitative estimate of drug-likeness (QED) is 0.251. The fourth-order valence-electron chi connectivity index (χ4n) is 3.70. The largest absolute Gasteiger partial charge is 0.682 e. The Morgan fingerprint density at radius 3 is 1.82 bits per heavy atom. The molecular formula is C25H30NoO5S3-2. The van der Waals surface area contributed by atoms with Crippen LogP contribution in [0.25, 0.3) is 19.5 Å². The second-order valence-corrected chi connectivity index (χ2v) is 12.9. The van der Waals surface area contributed by atoms with Gasteiger partial charge in [-0.05, 0) is 16.0 Å². The molecule has 3 aromatic heterocycles. The van der Waals surface area contributed by atoms with Gasteiger partial charge in [0.05, 0.1) is 28.9 Å². The summed E-state index contributed by atoms with van der Waals surface area (Å²) in [5, 5.41) is 0. The smallest absolute Gasteiger partial charge is 0.181 e. The Hall–Kier alpha value is -2.90. The topological polar surface area (TPSA) is 46.2 Å². The van der Waals surface area contributed by atoms with Crippen LogP contribution in [0.3, 0.4) is 0 Å². The van der Waals surface area contributed by atoms with Crippen LogP contribution in [-0.4, -0.2) is 27.4 Å². The third-order valence-electron chi connectivity index (χ3n) is 5.19. The molecular weight excluding hydrogens is 735 g/mol. The van der Waals surface area contributed by atoms with E-state index in [0.717, 1.165) is 40.8 Å². The maximum absolute atomic E-state index is 6.12. The molecule has 0 spiro atoms. The fraction of sp³-hybridized carbons (Fsp3) is 0.480. The molecule has 0 unspecified atom stereocenters. The molecule has 4 rings (SSSR count). The second kappa shape index (κ2) is 9.04. The van der Waals surface area contributed by atoms with Crippen molar-refractivity contribution in [3.05, 3.63) is 22.9 Å². The molecule has 4 heterocycles. The Labute approximate surface area is 208 Å². The molecule has 9 heteroatoms. The normalized spacial score (nSPS) is 13.4. The predicted octanol–water partition coefficient (Wildman–Crippen LogP) is 7.56. The van der Waals surface area contributed by atoms with E-state index in [9.17, 15) is 0 Å². The minimum absolute atomic E-state index is 0. The number of thiophene rings is 3. The molecule has 0 aliphatic carbocycles. The number of hydrogen-bond acceptors (Lipinski definition) is 8. The Morgan fingerprint density at radius 2 is 1.32 bits per heavy atom. The van der Waals surface area contributed by atoms with E-state index in [1.807, 2.05) is 0 Å². The summed E-state index contributed by atoms with van der Waals surface area (Å²) in [6.45, 7) is 14.1. The first kappa shape index (κ1) is 25.7. The average Bonchev–Trinajstić information content (AvgIpc) is 3.44. The minimum atomic E-state index is -0.0938. The molecule has 0 N–H and O–H groups in total. The van der Waals surface area contributed by atoms with Gasteiger partial charge in [0, 0.05) is 5.41 Å². The maximum Gasteiger partial charge on any atom is 0.181 e. The minimum Gasteiger partial charge on any atom is -0.682 e. The van der Waals surface area contributed by atoms with E-state index in [4.69, 9.17) is 23.7 Å². The summed E-state index contributed by atoms with van der Waals surface area (Å²) in [5.41, 5.74) is -0.169. The molecule has 0 saturated heterocycles. The van der Waals surface area contributed by atoms with Crippen molar-refractivity contribution in [2.24, 2.45) is 0 Å². The van der Waals surface area contributed by atoms with Crippen LogP contribution in [0, 0.1) is 13.2 Å². The van der Waals surface area contributed by atoms with Gasteiger partial charge in [0.25, 0.3) is 0 Å². The summed E-state index contributed by atoms with van der Waals surface area (Å²) in [6.07, 6.45) is 0. The van der Waals surface area contributed by atoms with Crippen LogP contribution < -0.4 is 23.7 Å². The van der Waals surface area contributed by atoms with E-state index < -0.39 is 0 Å². The van der Waals surface area contributed by atoms with E-state index in [-0.39, 0.29) is 10.8 Å². The van der Waals surface area contributed by atoms with Crippen molar-refractivity contribution in [2.45, 2.75) is 52.4 Å². The van der Waals surface area contributed by atoms with Crippen molar-refractivity contribution >= 4 is 34.0 Å². The van der Waals surface area contributed by atoms with E-state index in [1.54, 1.807) is 48.2 Å². The summed E-state index contributed by atoms with van der Waals surface area (Å²) in [7, 11) is 6.97. The molecule has 0 fully saturated rings. The Kier molecular flexibility index (Phi) is 6.84. The summed E-state index contributed by atoms with van der Waals surface area (Å²) < 4.78 is 29.3. The summed E-state index contributed by atoms with van der Waals surface area (Å²) in [4.78, 5) is 6.09. The van der Waals surface area contributed by atoms with Gasteiger partial charge >= 0.3 is 0 Å². The van der Waals surface area contributed by atoms with Crippen molar-refractivity contribution in [1.29, 1.82) is 0 Å². The van der Waals surface area contributed by atoms with Crippen LogP contribution in [0.15, 0.2) is 0 Å². The van der Waals surface area contributed by atoms with Gasteiger partial charge in [-0.1, -0.05) is 51.3 Å². The van der Waals surface area contributed by atoms with Crippen molar-refractivity contribution in [2.75, 3.05) is 27.4 Å². The SMILES string of the molecule is [CH2-]Oc1[c-]c(-c2sc(-c3sc(C(C)(C)C)c4c3OCCO4)c(OC)c2OC)sc1C(C)(C)C.[No]. The molecule has 0 saturated carbocycles. The zero-order chi connectivity index (χ0) is 24.1. The van der Waals surface area contributed by atoms with Crippen LogP contribution in [-0.2, 0) is 10.8 Å². The standard InChI is InChI=1S/C25H30O5S3.No/c1-24(2,3)22-13(26-7)12-14(31-22)19-15(27-8)16(28-9)20(32-19)21-17-18(30-11-10-29-17)23(33-21)25(4,5)6;/h7,10-11H2,1-6,8-9H3;/q-2;. The summed E-state index contributed by atoms with van der Waals surface area (Å²) in [5.74, 6) is 3.67. The van der Waals surface area contributed by atoms with Crippen molar-refractivity contribution in [1.82, 2.24) is 0 Å². The molecule has 0 bridgehead atoms. The molecule has 0 atom stereocenters. The number of hydrogen-bond donors (Lipinski definition) is 0. The van der Waals surface area contributed by atoms with Crippen LogP contribution in [0.2, 0.25) is 0 Å². The molecule has 1 aliphatic rings. The number of rotatable bonds is 5. The van der Waals surface area contributed by atoms with Gasteiger partial charge in [-0.25, -0.2) is 11.3 Å². The Bertz CT molecular complexity index is 1160. The molecule has 194 valence electrons. The zero-order valence-electron chi connectivity index (χ0n) is 20.7. The number of ether oxygens (including phenoxy) is 5. The Balaban J connectivity index is 0.00000324.